The lowest BCUT2D eigenvalue weighted by atomic mass is 10.2. The van der Waals surface area contributed by atoms with Gasteiger partial charge in [-0.1, -0.05) is 24.6 Å². The first kappa shape index (κ1) is 21.7. The Bertz CT molecular complexity index is 1070. The van der Waals surface area contributed by atoms with Gasteiger partial charge in [-0.05, 0) is 42.8 Å². The Kier molecular flexibility index (Phi) is 6.55. The van der Waals surface area contributed by atoms with E-state index in [-0.39, 0.29) is 28.2 Å². The van der Waals surface area contributed by atoms with Crippen LogP contribution in [0.4, 0.5) is 11.4 Å². The standard InChI is InChI=1S/C20H21ClN2O4S2/c1-12-3-4-14(21)10-16(12)22-19(24)7-8-29(26,27)15-5-6-18-17(11-15)23-20(25)9-13(2)28-18/h3-6,10-11,13H,7-9H2,1-2H3,(H,22,24)(H,23,25)/t13-/m0/s1. The number of sulfone groups is 1. The van der Waals surface area contributed by atoms with E-state index in [0.29, 0.717) is 22.8 Å². The second-order valence-corrected chi connectivity index (χ2v) is 10.9. The van der Waals surface area contributed by atoms with Crippen LogP contribution in [0.25, 0.3) is 0 Å². The minimum absolute atomic E-state index is 0.0819. The molecule has 29 heavy (non-hydrogen) atoms. The van der Waals surface area contributed by atoms with Gasteiger partial charge in [0, 0.05) is 33.7 Å². The molecule has 0 aromatic heterocycles. The van der Waals surface area contributed by atoms with Gasteiger partial charge in [-0.2, -0.15) is 0 Å². The molecule has 3 rings (SSSR count). The Balaban J connectivity index is 1.70. The van der Waals surface area contributed by atoms with E-state index >= 15 is 0 Å². The van der Waals surface area contributed by atoms with Crippen LogP contribution in [0.1, 0.15) is 25.3 Å². The first-order valence-corrected chi connectivity index (χ1v) is 11.9. The van der Waals surface area contributed by atoms with Gasteiger partial charge >= 0.3 is 0 Å². The fraction of sp³-hybridized carbons (Fsp3) is 0.300. The molecular formula is C20H21ClN2O4S2. The van der Waals surface area contributed by atoms with Crippen molar-refractivity contribution in [2.75, 3.05) is 16.4 Å². The molecule has 1 aliphatic rings. The number of carbonyl (C=O) groups is 2. The van der Waals surface area contributed by atoms with Crippen LogP contribution in [-0.2, 0) is 19.4 Å². The van der Waals surface area contributed by atoms with Crippen molar-refractivity contribution in [1.82, 2.24) is 0 Å². The van der Waals surface area contributed by atoms with Gasteiger partial charge in [0.25, 0.3) is 0 Å². The molecule has 2 aromatic rings. The Hall–Kier alpha value is -2.03. The Morgan fingerprint density at radius 3 is 2.79 bits per heavy atom. The number of amides is 2. The first-order chi connectivity index (χ1) is 13.6. The van der Waals surface area contributed by atoms with Crippen LogP contribution in [0.2, 0.25) is 5.02 Å². The second-order valence-electron chi connectivity index (χ2n) is 6.92. The zero-order valence-electron chi connectivity index (χ0n) is 16.0. The molecule has 1 aliphatic heterocycles. The summed E-state index contributed by atoms with van der Waals surface area (Å²) < 4.78 is 25.4. The van der Waals surface area contributed by atoms with Crippen LogP contribution in [0, 0.1) is 6.92 Å². The molecule has 0 fully saturated rings. The van der Waals surface area contributed by atoms with Crippen LogP contribution >= 0.6 is 23.4 Å². The number of halogens is 1. The summed E-state index contributed by atoms with van der Waals surface area (Å²) in [6, 6.07) is 9.79. The molecule has 0 radical (unpaired) electrons. The number of carbonyl (C=O) groups excluding carboxylic acids is 2. The fourth-order valence-electron chi connectivity index (χ4n) is 2.91. The number of anilines is 2. The van der Waals surface area contributed by atoms with E-state index in [1.807, 2.05) is 13.8 Å². The van der Waals surface area contributed by atoms with Crippen molar-refractivity contribution < 1.29 is 18.0 Å². The van der Waals surface area contributed by atoms with Crippen molar-refractivity contribution in [1.29, 1.82) is 0 Å². The lowest BCUT2D eigenvalue weighted by molar-refractivity contribution is -0.116. The summed E-state index contributed by atoms with van der Waals surface area (Å²) in [5.41, 5.74) is 1.88. The van der Waals surface area contributed by atoms with Crippen molar-refractivity contribution in [2.45, 2.75) is 41.7 Å². The molecule has 1 atom stereocenters. The van der Waals surface area contributed by atoms with E-state index in [1.165, 1.54) is 23.9 Å². The predicted molar refractivity (Wildman–Crippen MR) is 116 cm³/mol. The molecule has 0 bridgehead atoms. The molecule has 0 saturated carbocycles. The number of nitrogens with one attached hydrogen (secondary N) is 2. The molecule has 0 unspecified atom stereocenters. The topological polar surface area (TPSA) is 92.3 Å². The maximum absolute atomic E-state index is 12.7. The zero-order valence-corrected chi connectivity index (χ0v) is 18.4. The molecule has 0 aliphatic carbocycles. The van der Waals surface area contributed by atoms with Crippen molar-refractivity contribution in [3.63, 3.8) is 0 Å². The molecule has 154 valence electrons. The van der Waals surface area contributed by atoms with E-state index in [4.69, 9.17) is 11.6 Å². The smallest absolute Gasteiger partial charge is 0.225 e. The van der Waals surface area contributed by atoms with Crippen LogP contribution < -0.4 is 10.6 Å². The number of hydrogen-bond donors (Lipinski definition) is 2. The van der Waals surface area contributed by atoms with E-state index in [2.05, 4.69) is 10.6 Å². The van der Waals surface area contributed by atoms with E-state index in [1.54, 1.807) is 24.3 Å². The highest BCUT2D eigenvalue weighted by atomic mass is 35.5. The summed E-state index contributed by atoms with van der Waals surface area (Å²) in [4.78, 5) is 25.1. The number of aryl methyl sites for hydroxylation is 1. The summed E-state index contributed by atoms with van der Waals surface area (Å²) in [7, 11) is -3.69. The average Bonchev–Trinajstić information content (AvgIpc) is 2.78. The Morgan fingerprint density at radius 2 is 2.03 bits per heavy atom. The Morgan fingerprint density at radius 1 is 1.28 bits per heavy atom. The maximum Gasteiger partial charge on any atom is 0.225 e. The molecule has 9 heteroatoms. The molecule has 0 saturated heterocycles. The van der Waals surface area contributed by atoms with E-state index in [0.717, 1.165) is 10.5 Å². The minimum Gasteiger partial charge on any atom is -0.326 e. The third-order valence-electron chi connectivity index (χ3n) is 4.46. The summed E-state index contributed by atoms with van der Waals surface area (Å²) in [6.07, 6.45) is 0.175. The van der Waals surface area contributed by atoms with Gasteiger partial charge in [0.2, 0.25) is 11.8 Å². The summed E-state index contributed by atoms with van der Waals surface area (Å²) >= 11 is 7.46. The number of rotatable bonds is 5. The van der Waals surface area contributed by atoms with Crippen molar-refractivity contribution in [2.24, 2.45) is 0 Å². The summed E-state index contributed by atoms with van der Waals surface area (Å²) in [6.45, 7) is 3.77. The zero-order chi connectivity index (χ0) is 21.2. The van der Waals surface area contributed by atoms with E-state index in [9.17, 15) is 18.0 Å². The van der Waals surface area contributed by atoms with E-state index < -0.39 is 15.7 Å². The van der Waals surface area contributed by atoms with Gasteiger partial charge in [-0.3, -0.25) is 9.59 Å². The summed E-state index contributed by atoms with van der Waals surface area (Å²) in [5, 5.41) is 6.05. The maximum atomic E-state index is 12.7. The van der Waals surface area contributed by atoms with Crippen LogP contribution in [0.5, 0.6) is 0 Å². The van der Waals surface area contributed by atoms with Crippen LogP contribution in [0.3, 0.4) is 0 Å². The molecule has 2 aromatic carbocycles. The monoisotopic (exact) mass is 452 g/mol. The van der Waals surface area contributed by atoms with Gasteiger partial charge in [0.15, 0.2) is 9.84 Å². The molecule has 2 N–H and O–H groups in total. The van der Waals surface area contributed by atoms with Gasteiger partial charge < -0.3 is 10.6 Å². The number of hydrogen-bond acceptors (Lipinski definition) is 5. The molecule has 1 heterocycles. The number of thioether (sulfide) groups is 1. The second kappa shape index (κ2) is 8.77. The lowest BCUT2D eigenvalue weighted by Crippen LogP contribution is -2.18. The molecule has 6 nitrogen and oxygen atoms in total. The highest BCUT2D eigenvalue weighted by Crippen LogP contribution is 2.36. The SMILES string of the molecule is Cc1ccc(Cl)cc1NC(=O)CCS(=O)(=O)c1ccc2c(c1)NC(=O)C[C@H](C)S2. The largest absolute Gasteiger partial charge is 0.326 e. The highest BCUT2D eigenvalue weighted by molar-refractivity contribution is 8.00. The van der Waals surface area contributed by atoms with Gasteiger partial charge in [0.05, 0.1) is 16.3 Å². The predicted octanol–water partition coefficient (Wildman–Crippen LogP) is 4.27. The first-order valence-electron chi connectivity index (χ1n) is 9.03. The summed E-state index contributed by atoms with van der Waals surface area (Å²) in [5.74, 6) is -0.893. The quantitative estimate of drug-likeness (QED) is 0.706. The van der Waals surface area contributed by atoms with Gasteiger partial charge in [0.1, 0.15) is 0 Å². The third kappa shape index (κ3) is 5.52. The lowest BCUT2D eigenvalue weighted by Gasteiger charge is -2.11. The van der Waals surface area contributed by atoms with Gasteiger partial charge in [-0.25, -0.2) is 8.42 Å². The Labute approximate surface area is 179 Å². The molecule has 2 amide bonds. The van der Waals surface area contributed by atoms with Crippen molar-refractivity contribution >= 4 is 56.4 Å². The van der Waals surface area contributed by atoms with Gasteiger partial charge in [-0.15, -0.1) is 11.8 Å². The molecule has 0 spiro atoms. The normalized spacial score (nSPS) is 16.5. The van der Waals surface area contributed by atoms with Crippen molar-refractivity contribution in [3.05, 3.63) is 47.0 Å². The van der Waals surface area contributed by atoms with Crippen LogP contribution in [-0.4, -0.2) is 31.2 Å². The average molecular weight is 453 g/mol. The minimum atomic E-state index is -3.69. The molecular weight excluding hydrogens is 432 g/mol. The van der Waals surface area contributed by atoms with Crippen LogP contribution in [0.15, 0.2) is 46.2 Å². The highest BCUT2D eigenvalue weighted by Gasteiger charge is 2.23. The number of fused-ring (bicyclic) bond motifs is 1. The fourth-order valence-corrected chi connectivity index (χ4v) is 5.40. The number of benzene rings is 2. The third-order valence-corrected chi connectivity index (χ3v) is 7.58. The van der Waals surface area contributed by atoms with Crippen molar-refractivity contribution in [3.8, 4) is 0 Å².